The maximum atomic E-state index is 13.0. The van der Waals surface area contributed by atoms with Crippen molar-refractivity contribution in [2.24, 2.45) is 10.2 Å². The lowest BCUT2D eigenvalue weighted by molar-refractivity contribution is -0.126. The molecule has 30 heavy (non-hydrogen) atoms. The summed E-state index contributed by atoms with van der Waals surface area (Å²) in [7, 11) is 3.19. The summed E-state index contributed by atoms with van der Waals surface area (Å²) in [6.45, 7) is 2.63. The van der Waals surface area contributed by atoms with Gasteiger partial charge < -0.3 is 9.47 Å². The van der Waals surface area contributed by atoms with Crippen molar-refractivity contribution < 1.29 is 14.3 Å². The molecule has 158 valence electrons. The topological polar surface area (TPSA) is 63.5 Å². The van der Waals surface area contributed by atoms with Gasteiger partial charge in [-0.2, -0.15) is 5.10 Å². The summed E-state index contributed by atoms with van der Waals surface area (Å²) in [6.07, 6.45) is 4.58. The van der Waals surface area contributed by atoms with E-state index in [0.717, 1.165) is 30.4 Å². The first-order valence-corrected chi connectivity index (χ1v) is 10.9. The van der Waals surface area contributed by atoms with E-state index in [1.54, 1.807) is 25.3 Å². The minimum absolute atomic E-state index is 0.0938. The quantitative estimate of drug-likeness (QED) is 0.430. The van der Waals surface area contributed by atoms with Crippen LogP contribution >= 0.6 is 11.8 Å². The molecule has 2 aromatic rings. The van der Waals surface area contributed by atoms with Crippen LogP contribution in [0.15, 0.2) is 58.7 Å². The zero-order valence-corrected chi connectivity index (χ0v) is 18.4. The fourth-order valence-corrected chi connectivity index (χ4v) is 4.29. The van der Waals surface area contributed by atoms with Crippen molar-refractivity contribution in [1.29, 1.82) is 0 Å². The second-order valence-corrected chi connectivity index (χ2v) is 8.07. The molecule has 0 radical (unpaired) electrons. The fourth-order valence-electron chi connectivity index (χ4n) is 3.15. The number of unbranched alkanes of at least 4 members (excludes halogenated alkanes) is 1. The Bertz CT molecular complexity index is 915. The Labute approximate surface area is 182 Å². The summed E-state index contributed by atoms with van der Waals surface area (Å²) in [5.74, 6) is 1.40. The lowest BCUT2D eigenvalue weighted by Gasteiger charge is -2.15. The monoisotopic (exact) mass is 425 g/mol. The SMILES string of the molecule is CCCCC1SC(=NN=Cc2ccc(OC)c(OC)c2)N(Cc2ccccc2)C1=O. The number of amidine groups is 1. The Morgan fingerprint density at radius 1 is 1.10 bits per heavy atom. The number of benzene rings is 2. The average molecular weight is 426 g/mol. The Morgan fingerprint density at radius 2 is 1.87 bits per heavy atom. The van der Waals surface area contributed by atoms with Crippen LogP contribution in [-0.4, -0.2) is 41.7 Å². The van der Waals surface area contributed by atoms with Crippen molar-refractivity contribution in [3.63, 3.8) is 0 Å². The van der Waals surface area contributed by atoms with Gasteiger partial charge >= 0.3 is 0 Å². The van der Waals surface area contributed by atoms with E-state index >= 15 is 0 Å². The van der Waals surface area contributed by atoms with Gasteiger partial charge in [0.2, 0.25) is 5.91 Å². The lowest BCUT2D eigenvalue weighted by Crippen LogP contribution is -2.31. The minimum atomic E-state index is -0.0938. The number of carbonyl (C=O) groups is 1. The van der Waals surface area contributed by atoms with E-state index in [4.69, 9.17) is 9.47 Å². The second-order valence-electron chi connectivity index (χ2n) is 6.90. The van der Waals surface area contributed by atoms with Crippen LogP contribution in [0.2, 0.25) is 0 Å². The van der Waals surface area contributed by atoms with Gasteiger partial charge in [-0.3, -0.25) is 9.69 Å². The summed E-state index contributed by atoms with van der Waals surface area (Å²) in [5, 5.41) is 9.18. The van der Waals surface area contributed by atoms with E-state index in [1.807, 2.05) is 48.5 Å². The summed E-state index contributed by atoms with van der Waals surface area (Å²) in [4.78, 5) is 14.7. The molecular weight excluding hydrogens is 398 g/mol. The molecule has 0 aliphatic carbocycles. The van der Waals surface area contributed by atoms with Crippen LogP contribution in [0.25, 0.3) is 0 Å². The number of ether oxygens (including phenoxy) is 2. The molecule has 0 N–H and O–H groups in total. The Kier molecular flexibility index (Phi) is 7.90. The fraction of sp³-hybridized carbons (Fsp3) is 0.348. The van der Waals surface area contributed by atoms with Crippen molar-refractivity contribution >= 4 is 29.1 Å². The maximum Gasteiger partial charge on any atom is 0.242 e. The summed E-state index contributed by atoms with van der Waals surface area (Å²) >= 11 is 1.50. The van der Waals surface area contributed by atoms with Crippen LogP contribution in [0.4, 0.5) is 0 Å². The van der Waals surface area contributed by atoms with E-state index in [-0.39, 0.29) is 11.2 Å². The van der Waals surface area contributed by atoms with Gasteiger partial charge in [-0.25, -0.2) is 0 Å². The highest BCUT2D eigenvalue weighted by Crippen LogP contribution is 2.32. The van der Waals surface area contributed by atoms with Crippen LogP contribution in [0.5, 0.6) is 11.5 Å². The molecule has 6 nitrogen and oxygen atoms in total. The summed E-state index contributed by atoms with van der Waals surface area (Å²) < 4.78 is 10.6. The van der Waals surface area contributed by atoms with Crippen molar-refractivity contribution in [1.82, 2.24) is 4.90 Å². The molecule has 1 saturated heterocycles. The first-order valence-electron chi connectivity index (χ1n) is 10.0. The second kappa shape index (κ2) is 10.8. The van der Waals surface area contributed by atoms with Gasteiger partial charge in [-0.1, -0.05) is 61.9 Å². The molecule has 0 saturated carbocycles. The van der Waals surface area contributed by atoms with Gasteiger partial charge in [0, 0.05) is 0 Å². The summed E-state index contributed by atoms with van der Waals surface area (Å²) in [6, 6.07) is 15.5. The molecule has 0 spiro atoms. The van der Waals surface area contributed by atoms with Gasteiger partial charge in [0.1, 0.15) is 0 Å². The normalized spacial score (nSPS) is 17.8. The highest BCUT2D eigenvalue weighted by molar-refractivity contribution is 8.15. The third-order valence-corrected chi connectivity index (χ3v) is 6.02. The molecule has 1 amide bonds. The first kappa shape index (κ1) is 21.9. The zero-order valence-electron chi connectivity index (χ0n) is 17.6. The molecule has 2 aromatic carbocycles. The smallest absolute Gasteiger partial charge is 0.242 e. The predicted molar refractivity (Wildman–Crippen MR) is 122 cm³/mol. The van der Waals surface area contributed by atoms with E-state index in [2.05, 4.69) is 17.1 Å². The van der Waals surface area contributed by atoms with Gasteiger partial charge in [-0.05, 0) is 35.7 Å². The molecule has 0 aromatic heterocycles. The molecule has 0 bridgehead atoms. The Morgan fingerprint density at radius 3 is 2.57 bits per heavy atom. The van der Waals surface area contributed by atoms with E-state index in [9.17, 15) is 4.79 Å². The van der Waals surface area contributed by atoms with Crippen LogP contribution in [0, 0.1) is 0 Å². The number of nitrogens with zero attached hydrogens (tertiary/aromatic N) is 3. The molecule has 1 atom stereocenters. The molecule has 1 heterocycles. The minimum Gasteiger partial charge on any atom is -0.493 e. The van der Waals surface area contributed by atoms with Crippen molar-refractivity contribution in [2.45, 2.75) is 38.0 Å². The highest BCUT2D eigenvalue weighted by Gasteiger charge is 2.37. The van der Waals surface area contributed by atoms with Crippen molar-refractivity contribution in [3.8, 4) is 11.5 Å². The average Bonchev–Trinajstić information content (AvgIpc) is 3.07. The molecule has 1 unspecified atom stereocenters. The number of hydrogen-bond acceptors (Lipinski definition) is 6. The number of rotatable bonds is 9. The number of amides is 1. The molecule has 3 rings (SSSR count). The number of carbonyl (C=O) groups excluding carboxylic acids is 1. The van der Waals surface area contributed by atoms with Crippen molar-refractivity contribution in [3.05, 3.63) is 59.7 Å². The van der Waals surface area contributed by atoms with Crippen LogP contribution in [0.1, 0.15) is 37.3 Å². The number of hydrogen-bond donors (Lipinski definition) is 0. The largest absolute Gasteiger partial charge is 0.493 e. The molecule has 1 aliphatic rings. The maximum absolute atomic E-state index is 13.0. The third kappa shape index (κ3) is 5.42. The van der Waals surface area contributed by atoms with Gasteiger partial charge in [0.25, 0.3) is 0 Å². The van der Waals surface area contributed by atoms with E-state index in [1.165, 1.54) is 11.8 Å². The first-order chi connectivity index (χ1) is 14.7. The lowest BCUT2D eigenvalue weighted by atomic mass is 10.1. The van der Waals surface area contributed by atoms with Crippen LogP contribution in [-0.2, 0) is 11.3 Å². The molecule has 1 fully saturated rings. The van der Waals surface area contributed by atoms with Gasteiger partial charge in [0.05, 0.1) is 32.2 Å². The molecule has 7 heteroatoms. The van der Waals surface area contributed by atoms with Crippen molar-refractivity contribution in [2.75, 3.05) is 14.2 Å². The highest BCUT2D eigenvalue weighted by atomic mass is 32.2. The Balaban J connectivity index is 1.80. The number of thioether (sulfide) groups is 1. The van der Waals surface area contributed by atoms with E-state index in [0.29, 0.717) is 23.2 Å². The summed E-state index contributed by atoms with van der Waals surface area (Å²) in [5.41, 5.74) is 1.91. The van der Waals surface area contributed by atoms with Crippen LogP contribution in [0.3, 0.4) is 0 Å². The van der Waals surface area contributed by atoms with Crippen LogP contribution < -0.4 is 9.47 Å². The van der Waals surface area contributed by atoms with Gasteiger partial charge in [-0.15, -0.1) is 5.10 Å². The molecule has 1 aliphatic heterocycles. The zero-order chi connectivity index (χ0) is 21.3. The third-order valence-electron chi connectivity index (χ3n) is 4.78. The van der Waals surface area contributed by atoms with E-state index < -0.39 is 0 Å². The van der Waals surface area contributed by atoms with Gasteiger partial charge in [0.15, 0.2) is 16.7 Å². The standard InChI is InChI=1S/C23H27N3O3S/c1-4-5-11-21-22(27)26(16-17-9-7-6-8-10-17)23(30-21)25-24-15-18-12-13-19(28-2)20(14-18)29-3/h6-10,12-15,21H,4-5,11,16H2,1-3H3. The predicted octanol–water partition coefficient (Wildman–Crippen LogP) is 4.73. The molecular formula is C23H27N3O3S. The Hall–Kier alpha value is -2.80. The number of methoxy groups -OCH3 is 2.